The lowest BCUT2D eigenvalue weighted by Crippen LogP contribution is -2.55. The highest BCUT2D eigenvalue weighted by Gasteiger charge is 2.41. The SMILES string of the molecule is COc1ccc(C2=CN(C(=O)c3ccccc3)[C@@H](C(C)C)C(=O)N2CC(=O)O)cc1OC. The van der Waals surface area contributed by atoms with Gasteiger partial charge >= 0.3 is 5.97 Å². The van der Waals surface area contributed by atoms with Crippen LogP contribution in [0.2, 0.25) is 0 Å². The Bertz CT molecular complexity index is 1050. The average Bonchev–Trinajstić information content (AvgIpc) is 2.79. The first-order valence-electron chi connectivity index (χ1n) is 10.1. The van der Waals surface area contributed by atoms with Crippen molar-refractivity contribution >= 4 is 23.5 Å². The summed E-state index contributed by atoms with van der Waals surface area (Å²) in [5.74, 6) is -1.30. The van der Waals surface area contributed by atoms with E-state index in [1.54, 1.807) is 54.7 Å². The van der Waals surface area contributed by atoms with Gasteiger partial charge in [0.2, 0.25) is 0 Å². The Kier molecular flexibility index (Phi) is 6.82. The molecule has 0 bridgehead atoms. The van der Waals surface area contributed by atoms with E-state index in [1.165, 1.54) is 24.0 Å². The number of carbonyl (C=O) groups excluding carboxylic acids is 2. The minimum absolute atomic E-state index is 0.241. The highest BCUT2D eigenvalue weighted by Crippen LogP contribution is 2.35. The van der Waals surface area contributed by atoms with Crippen LogP contribution >= 0.6 is 0 Å². The minimum atomic E-state index is -1.16. The van der Waals surface area contributed by atoms with Crippen molar-refractivity contribution in [1.82, 2.24) is 9.80 Å². The molecule has 0 aromatic heterocycles. The number of amides is 2. The van der Waals surface area contributed by atoms with Gasteiger partial charge in [0.05, 0.1) is 19.9 Å². The van der Waals surface area contributed by atoms with Crippen molar-refractivity contribution in [2.75, 3.05) is 20.8 Å². The standard InChI is InChI=1S/C24H26N2O6/c1-15(2)22-24(30)25(14-21(27)28)18(17-10-11-19(31-3)20(12-17)32-4)13-26(22)23(29)16-8-6-5-7-9-16/h5-13,15,22H,14H2,1-4H3,(H,27,28)/t22-/m0/s1. The van der Waals surface area contributed by atoms with Crippen LogP contribution < -0.4 is 9.47 Å². The van der Waals surface area contributed by atoms with Crippen LogP contribution in [0.4, 0.5) is 0 Å². The number of aliphatic carboxylic acids is 1. The third-order valence-corrected chi connectivity index (χ3v) is 5.23. The first-order valence-corrected chi connectivity index (χ1v) is 10.1. The summed E-state index contributed by atoms with van der Waals surface area (Å²) in [7, 11) is 2.99. The normalized spacial score (nSPS) is 16.1. The lowest BCUT2D eigenvalue weighted by Gasteiger charge is -2.40. The number of carbonyl (C=O) groups is 3. The summed E-state index contributed by atoms with van der Waals surface area (Å²) in [6.45, 7) is 3.11. The molecule has 0 aliphatic carbocycles. The molecule has 0 saturated carbocycles. The summed E-state index contributed by atoms with van der Waals surface area (Å²) in [6.07, 6.45) is 1.55. The number of ether oxygens (including phenoxy) is 2. The summed E-state index contributed by atoms with van der Waals surface area (Å²) in [4.78, 5) is 41.0. The van der Waals surface area contributed by atoms with Gasteiger partial charge in [-0.15, -0.1) is 0 Å². The fourth-order valence-electron chi connectivity index (χ4n) is 3.72. The number of hydrogen-bond donors (Lipinski definition) is 1. The molecule has 8 nitrogen and oxygen atoms in total. The zero-order valence-electron chi connectivity index (χ0n) is 18.4. The molecule has 0 fully saturated rings. The Labute approximate surface area is 186 Å². The molecule has 32 heavy (non-hydrogen) atoms. The van der Waals surface area contributed by atoms with Crippen LogP contribution in [0.15, 0.2) is 54.7 Å². The smallest absolute Gasteiger partial charge is 0.323 e. The highest BCUT2D eigenvalue weighted by atomic mass is 16.5. The molecule has 1 N–H and O–H groups in total. The molecule has 1 aliphatic heterocycles. The molecule has 3 rings (SSSR count). The summed E-state index contributed by atoms with van der Waals surface area (Å²) in [5, 5.41) is 9.46. The molecule has 0 spiro atoms. The van der Waals surface area contributed by atoms with Crippen LogP contribution in [0.25, 0.3) is 5.70 Å². The van der Waals surface area contributed by atoms with Gasteiger partial charge in [-0.05, 0) is 36.2 Å². The maximum Gasteiger partial charge on any atom is 0.323 e. The molecule has 8 heteroatoms. The van der Waals surface area contributed by atoms with Gasteiger partial charge in [-0.3, -0.25) is 19.3 Å². The molecule has 0 radical (unpaired) electrons. The molecule has 168 valence electrons. The fraction of sp³-hybridized carbons (Fsp3) is 0.292. The largest absolute Gasteiger partial charge is 0.493 e. The molecule has 0 saturated heterocycles. The third kappa shape index (κ3) is 4.44. The summed E-state index contributed by atoms with van der Waals surface area (Å²) < 4.78 is 10.6. The van der Waals surface area contributed by atoms with Crippen molar-refractivity contribution in [2.45, 2.75) is 19.9 Å². The van der Waals surface area contributed by atoms with Crippen molar-refractivity contribution in [3.63, 3.8) is 0 Å². The second-order valence-corrected chi connectivity index (χ2v) is 7.67. The van der Waals surface area contributed by atoms with Crippen LogP contribution in [0.1, 0.15) is 29.8 Å². The Balaban J connectivity index is 2.18. The van der Waals surface area contributed by atoms with Gasteiger partial charge in [-0.2, -0.15) is 0 Å². The van der Waals surface area contributed by atoms with E-state index >= 15 is 0 Å². The van der Waals surface area contributed by atoms with Gasteiger partial charge in [0, 0.05) is 17.3 Å². The second-order valence-electron chi connectivity index (χ2n) is 7.67. The zero-order chi connectivity index (χ0) is 23.4. The van der Waals surface area contributed by atoms with Gasteiger partial charge in [-0.25, -0.2) is 0 Å². The van der Waals surface area contributed by atoms with Crippen LogP contribution in [0.3, 0.4) is 0 Å². The first-order chi connectivity index (χ1) is 15.3. The van der Waals surface area contributed by atoms with E-state index in [2.05, 4.69) is 0 Å². The highest BCUT2D eigenvalue weighted by molar-refractivity contribution is 6.03. The summed E-state index contributed by atoms with van der Waals surface area (Å²) >= 11 is 0. The quantitative estimate of drug-likeness (QED) is 0.714. The van der Waals surface area contributed by atoms with Gasteiger partial charge in [-0.1, -0.05) is 32.0 Å². The van der Waals surface area contributed by atoms with E-state index in [9.17, 15) is 19.5 Å². The molecule has 2 aromatic carbocycles. The van der Waals surface area contributed by atoms with E-state index in [1.807, 2.05) is 13.8 Å². The Hall–Kier alpha value is -3.81. The van der Waals surface area contributed by atoms with Crippen LogP contribution in [-0.4, -0.2) is 59.5 Å². The second kappa shape index (κ2) is 9.55. The van der Waals surface area contributed by atoms with Crippen molar-refractivity contribution in [3.05, 3.63) is 65.9 Å². The topological polar surface area (TPSA) is 96.4 Å². The molecular weight excluding hydrogens is 412 g/mol. The van der Waals surface area contributed by atoms with Crippen molar-refractivity contribution in [3.8, 4) is 11.5 Å². The van der Waals surface area contributed by atoms with Crippen LogP contribution in [0.5, 0.6) is 11.5 Å². The average molecular weight is 438 g/mol. The van der Waals surface area contributed by atoms with Gasteiger partial charge < -0.3 is 19.5 Å². The summed E-state index contributed by atoms with van der Waals surface area (Å²) in [6, 6.07) is 12.8. The summed E-state index contributed by atoms with van der Waals surface area (Å²) in [5.41, 5.74) is 1.24. The number of rotatable bonds is 7. The molecule has 1 aliphatic rings. The van der Waals surface area contributed by atoms with Crippen molar-refractivity contribution in [1.29, 1.82) is 0 Å². The van der Waals surface area contributed by atoms with E-state index in [0.717, 1.165) is 0 Å². The number of carboxylic acids is 1. The monoisotopic (exact) mass is 438 g/mol. The van der Waals surface area contributed by atoms with E-state index in [4.69, 9.17) is 9.47 Å². The number of nitrogens with zero attached hydrogens (tertiary/aromatic N) is 2. The molecule has 1 heterocycles. The minimum Gasteiger partial charge on any atom is -0.493 e. The van der Waals surface area contributed by atoms with E-state index in [-0.39, 0.29) is 11.8 Å². The van der Waals surface area contributed by atoms with Crippen molar-refractivity contribution in [2.24, 2.45) is 5.92 Å². The maximum absolute atomic E-state index is 13.5. The number of methoxy groups -OCH3 is 2. The van der Waals surface area contributed by atoms with Gasteiger partial charge in [0.15, 0.2) is 11.5 Å². The Morgan fingerprint density at radius 3 is 2.25 bits per heavy atom. The first kappa shape index (κ1) is 22.9. The number of hydrogen-bond acceptors (Lipinski definition) is 5. The molecule has 2 aromatic rings. The maximum atomic E-state index is 13.5. The van der Waals surface area contributed by atoms with Gasteiger partial charge in [0.1, 0.15) is 12.6 Å². The number of benzene rings is 2. The Morgan fingerprint density at radius 2 is 1.69 bits per heavy atom. The Morgan fingerprint density at radius 1 is 1.03 bits per heavy atom. The van der Waals surface area contributed by atoms with E-state index in [0.29, 0.717) is 28.3 Å². The zero-order valence-corrected chi connectivity index (χ0v) is 18.4. The van der Waals surface area contributed by atoms with Crippen LogP contribution in [0, 0.1) is 5.92 Å². The number of carboxylic acid groups (broad SMARTS) is 1. The van der Waals surface area contributed by atoms with Gasteiger partial charge in [0.25, 0.3) is 11.8 Å². The van der Waals surface area contributed by atoms with E-state index < -0.39 is 24.5 Å². The molecule has 2 amide bonds. The van der Waals surface area contributed by atoms with Crippen molar-refractivity contribution < 1.29 is 29.0 Å². The predicted molar refractivity (Wildman–Crippen MR) is 118 cm³/mol. The molecule has 0 unspecified atom stereocenters. The predicted octanol–water partition coefficient (Wildman–Crippen LogP) is 3.10. The lowest BCUT2D eigenvalue weighted by atomic mass is 9.96. The lowest BCUT2D eigenvalue weighted by molar-refractivity contribution is -0.144. The molecule has 1 atom stereocenters. The van der Waals surface area contributed by atoms with Crippen LogP contribution in [-0.2, 0) is 9.59 Å². The third-order valence-electron chi connectivity index (χ3n) is 5.23. The molecular formula is C24H26N2O6. The fourth-order valence-corrected chi connectivity index (χ4v) is 3.72.